The summed E-state index contributed by atoms with van der Waals surface area (Å²) in [6.45, 7) is 0. The molecule has 1 heterocycles. The fraction of sp³-hybridized carbons (Fsp3) is 0.423. The van der Waals surface area contributed by atoms with Crippen molar-refractivity contribution >= 4 is 11.7 Å². The van der Waals surface area contributed by atoms with Gasteiger partial charge in [0.15, 0.2) is 11.5 Å². The van der Waals surface area contributed by atoms with Gasteiger partial charge in [0.1, 0.15) is 5.76 Å². The van der Waals surface area contributed by atoms with Gasteiger partial charge in [-0.15, -0.1) is 0 Å². The van der Waals surface area contributed by atoms with Gasteiger partial charge < -0.3 is 14.2 Å². The van der Waals surface area contributed by atoms with Crippen molar-refractivity contribution in [3.63, 3.8) is 0 Å². The highest BCUT2D eigenvalue weighted by molar-refractivity contribution is 5.90. The fourth-order valence-electron chi connectivity index (χ4n) is 5.79. The predicted molar refractivity (Wildman–Crippen MR) is 116 cm³/mol. The summed E-state index contributed by atoms with van der Waals surface area (Å²) in [4.78, 5) is 13.6. The average Bonchev–Trinajstić information content (AvgIpc) is 2.80. The molecule has 1 saturated carbocycles. The molecule has 0 aromatic heterocycles. The lowest BCUT2D eigenvalue weighted by Gasteiger charge is -2.47. The number of ether oxygens (including phenoxy) is 3. The molecule has 4 nitrogen and oxygen atoms in total. The van der Waals surface area contributed by atoms with E-state index in [1.807, 2.05) is 12.1 Å². The van der Waals surface area contributed by atoms with Crippen LogP contribution in [0.5, 0.6) is 11.5 Å². The molecule has 1 spiro atoms. The molecule has 0 bridgehead atoms. The summed E-state index contributed by atoms with van der Waals surface area (Å²) in [7, 11) is 3.31. The largest absolute Gasteiger partial charge is 0.493 e. The van der Waals surface area contributed by atoms with Crippen molar-refractivity contribution < 1.29 is 19.0 Å². The van der Waals surface area contributed by atoms with E-state index in [1.54, 1.807) is 14.2 Å². The topological polar surface area (TPSA) is 44.8 Å². The van der Waals surface area contributed by atoms with Gasteiger partial charge in [-0.1, -0.05) is 49.6 Å². The third-order valence-corrected chi connectivity index (χ3v) is 7.21. The summed E-state index contributed by atoms with van der Waals surface area (Å²) < 4.78 is 17.2. The highest BCUT2D eigenvalue weighted by Crippen LogP contribution is 2.58. The van der Waals surface area contributed by atoms with Crippen LogP contribution >= 0.6 is 0 Å². The Morgan fingerprint density at radius 3 is 2.47 bits per heavy atom. The number of hydrogen-bond acceptors (Lipinski definition) is 4. The second-order valence-electron chi connectivity index (χ2n) is 8.67. The van der Waals surface area contributed by atoms with E-state index in [-0.39, 0.29) is 11.9 Å². The number of carbonyl (C=O) groups excluding carboxylic acids is 1. The minimum Gasteiger partial charge on any atom is -0.493 e. The van der Waals surface area contributed by atoms with Crippen molar-refractivity contribution in [3.05, 3.63) is 64.7 Å². The summed E-state index contributed by atoms with van der Waals surface area (Å²) in [5, 5.41) is 0. The lowest BCUT2D eigenvalue weighted by Crippen LogP contribution is -2.45. The van der Waals surface area contributed by atoms with Crippen LogP contribution in [0, 0.1) is 5.41 Å². The summed E-state index contributed by atoms with van der Waals surface area (Å²) in [5.41, 5.74) is 4.24. The van der Waals surface area contributed by atoms with Gasteiger partial charge in [-0.3, -0.25) is 4.79 Å². The standard InChI is InChI=1S/C26H28O4/c1-28-21-13-11-18(16-22(21)29-2)23-20-12-10-17-8-4-5-9-19(17)24(20)30-25(27)26(23)14-6-3-7-15-26/h4-5,8-9,11,13,16,23H,3,6-7,10,12,14-15H2,1-2H3. The molecule has 2 aliphatic carbocycles. The zero-order valence-corrected chi connectivity index (χ0v) is 17.7. The maximum absolute atomic E-state index is 13.6. The SMILES string of the molecule is COc1ccc(C2C3=C(OC(=O)C24CCCCC4)c2ccccc2CC3)cc1OC. The number of carbonyl (C=O) groups is 1. The monoisotopic (exact) mass is 404 g/mol. The summed E-state index contributed by atoms with van der Waals surface area (Å²) in [6, 6.07) is 14.4. The van der Waals surface area contributed by atoms with Crippen LogP contribution in [0.25, 0.3) is 5.76 Å². The molecule has 5 rings (SSSR count). The first-order chi connectivity index (χ1) is 14.7. The Balaban J connectivity index is 1.72. The lowest BCUT2D eigenvalue weighted by molar-refractivity contribution is -0.153. The summed E-state index contributed by atoms with van der Waals surface area (Å²) in [5.74, 6) is 2.16. The van der Waals surface area contributed by atoms with Crippen molar-refractivity contribution in [3.8, 4) is 11.5 Å². The lowest BCUT2D eigenvalue weighted by atomic mass is 9.59. The maximum Gasteiger partial charge on any atom is 0.318 e. The van der Waals surface area contributed by atoms with E-state index < -0.39 is 5.41 Å². The van der Waals surface area contributed by atoms with Crippen LogP contribution in [0.15, 0.2) is 48.0 Å². The molecule has 4 heteroatoms. The van der Waals surface area contributed by atoms with Crippen LogP contribution < -0.4 is 9.47 Å². The third kappa shape index (κ3) is 2.84. The highest BCUT2D eigenvalue weighted by atomic mass is 16.5. The molecular weight excluding hydrogens is 376 g/mol. The first-order valence-corrected chi connectivity index (χ1v) is 10.9. The van der Waals surface area contributed by atoms with E-state index in [9.17, 15) is 4.79 Å². The van der Waals surface area contributed by atoms with Crippen LogP contribution in [0.2, 0.25) is 0 Å². The number of rotatable bonds is 3. The second-order valence-corrected chi connectivity index (χ2v) is 8.67. The Morgan fingerprint density at radius 2 is 1.70 bits per heavy atom. The number of benzene rings is 2. The molecule has 0 saturated heterocycles. The van der Waals surface area contributed by atoms with Crippen LogP contribution in [-0.4, -0.2) is 20.2 Å². The highest BCUT2D eigenvalue weighted by Gasteiger charge is 2.54. The molecule has 1 unspecified atom stereocenters. The van der Waals surface area contributed by atoms with Gasteiger partial charge >= 0.3 is 5.97 Å². The van der Waals surface area contributed by atoms with Crippen LogP contribution in [0.4, 0.5) is 0 Å². The zero-order chi connectivity index (χ0) is 20.7. The van der Waals surface area contributed by atoms with Crippen molar-refractivity contribution in [2.24, 2.45) is 5.41 Å². The molecule has 0 N–H and O–H groups in total. The smallest absolute Gasteiger partial charge is 0.318 e. The normalized spacial score (nSPS) is 22.2. The fourth-order valence-corrected chi connectivity index (χ4v) is 5.79. The maximum atomic E-state index is 13.6. The first kappa shape index (κ1) is 19.2. The van der Waals surface area contributed by atoms with E-state index in [1.165, 1.54) is 17.6 Å². The Morgan fingerprint density at radius 1 is 0.933 bits per heavy atom. The van der Waals surface area contributed by atoms with E-state index in [0.717, 1.165) is 55.4 Å². The van der Waals surface area contributed by atoms with Gasteiger partial charge in [-0.25, -0.2) is 0 Å². The van der Waals surface area contributed by atoms with E-state index in [2.05, 4.69) is 30.3 Å². The van der Waals surface area contributed by atoms with Gasteiger partial charge in [0.2, 0.25) is 0 Å². The Bertz CT molecular complexity index is 1010. The number of hydrogen-bond donors (Lipinski definition) is 0. The third-order valence-electron chi connectivity index (χ3n) is 7.21. The molecule has 0 amide bonds. The number of fused-ring (bicyclic) bond motifs is 2. The Hall–Kier alpha value is -2.75. The van der Waals surface area contributed by atoms with Crippen molar-refractivity contribution in [1.82, 2.24) is 0 Å². The molecular formula is C26H28O4. The van der Waals surface area contributed by atoms with Gasteiger partial charge in [0.25, 0.3) is 0 Å². The molecule has 2 aromatic carbocycles. The van der Waals surface area contributed by atoms with Crippen molar-refractivity contribution in [2.45, 2.75) is 50.9 Å². The van der Waals surface area contributed by atoms with E-state index in [0.29, 0.717) is 11.5 Å². The van der Waals surface area contributed by atoms with Gasteiger partial charge in [0.05, 0.1) is 19.6 Å². The van der Waals surface area contributed by atoms with Gasteiger partial charge in [-0.2, -0.15) is 0 Å². The van der Waals surface area contributed by atoms with Crippen LogP contribution in [0.1, 0.15) is 61.1 Å². The van der Waals surface area contributed by atoms with Gasteiger partial charge in [0, 0.05) is 11.5 Å². The molecule has 156 valence electrons. The summed E-state index contributed by atoms with van der Waals surface area (Å²) >= 11 is 0. The quantitative estimate of drug-likeness (QED) is 0.620. The van der Waals surface area contributed by atoms with Crippen LogP contribution in [0.3, 0.4) is 0 Å². The molecule has 1 aliphatic heterocycles. The zero-order valence-electron chi connectivity index (χ0n) is 17.7. The predicted octanol–water partition coefficient (Wildman–Crippen LogP) is 5.65. The molecule has 3 aliphatic rings. The number of aryl methyl sites for hydroxylation is 1. The first-order valence-electron chi connectivity index (χ1n) is 10.9. The Labute approximate surface area is 177 Å². The van der Waals surface area contributed by atoms with Gasteiger partial charge in [-0.05, 0) is 54.5 Å². The molecule has 1 atom stereocenters. The number of esters is 1. The Kier molecular flexibility index (Phi) is 4.80. The van der Waals surface area contributed by atoms with Crippen molar-refractivity contribution in [1.29, 1.82) is 0 Å². The molecule has 2 aromatic rings. The molecule has 30 heavy (non-hydrogen) atoms. The second kappa shape index (κ2) is 7.50. The molecule has 1 fully saturated rings. The minimum absolute atomic E-state index is 0.0159. The number of methoxy groups -OCH3 is 2. The summed E-state index contributed by atoms with van der Waals surface area (Å²) in [6.07, 6.45) is 6.97. The van der Waals surface area contributed by atoms with E-state index >= 15 is 0 Å². The van der Waals surface area contributed by atoms with Crippen molar-refractivity contribution in [2.75, 3.05) is 14.2 Å². The molecule has 0 radical (unpaired) electrons. The number of allylic oxidation sites excluding steroid dienone is 1. The average molecular weight is 405 g/mol. The van der Waals surface area contributed by atoms with Crippen LogP contribution in [-0.2, 0) is 16.0 Å². The van der Waals surface area contributed by atoms with E-state index in [4.69, 9.17) is 14.2 Å². The minimum atomic E-state index is -0.483.